The summed E-state index contributed by atoms with van der Waals surface area (Å²) in [5, 5.41) is 3.48. The van der Waals surface area contributed by atoms with Crippen molar-refractivity contribution in [3.05, 3.63) is 54.2 Å². The second kappa shape index (κ2) is 11.1. The molecule has 1 aromatic heterocycles. The van der Waals surface area contributed by atoms with Crippen molar-refractivity contribution in [3.8, 4) is 5.75 Å². The van der Waals surface area contributed by atoms with E-state index in [1.807, 2.05) is 51.4 Å². The fraction of sp³-hybridized carbons (Fsp3) is 0.429. The quantitative estimate of drug-likeness (QED) is 0.392. The summed E-state index contributed by atoms with van der Waals surface area (Å²) in [6.45, 7) is 8.53. The maximum atomic E-state index is 5.78. The molecule has 0 aliphatic carbocycles. The smallest absolute Gasteiger partial charge is 0.194 e. The summed E-state index contributed by atoms with van der Waals surface area (Å²) in [7, 11) is 1.84. The Balaban J connectivity index is 0.00000280. The lowest BCUT2D eigenvalue weighted by Crippen LogP contribution is -2.52. The highest BCUT2D eigenvalue weighted by atomic mass is 127. The standard InChI is InChI=1S/C21H29N5O.HI/c1-17(2)27-19-8-6-7-18(15-19)16-24-21(22-3)26-13-11-25(12-14-26)20-9-4-5-10-23-20;/h4-10,15,17H,11-14,16H2,1-3H3,(H,22,24);1H. The van der Waals surface area contributed by atoms with Crippen LogP contribution in [0.5, 0.6) is 5.75 Å². The zero-order chi connectivity index (χ0) is 19.1. The van der Waals surface area contributed by atoms with Gasteiger partial charge in [-0.15, -0.1) is 24.0 Å². The van der Waals surface area contributed by atoms with Gasteiger partial charge in [-0.05, 0) is 43.7 Å². The maximum Gasteiger partial charge on any atom is 0.194 e. The molecule has 1 aromatic carbocycles. The van der Waals surface area contributed by atoms with Crippen molar-refractivity contribution in [1.82, 2.24) is 15.2 Å². The molecule has 2 aromatic rings. The van der Waals surface area contributed by atoms with Gasteiger partial charge in [-0.3, -0.25) is 4.99 Å². The van der Waals surface area contributed by atoms with Crippen LogP contribution in [0, 0.1) is 0 Å². The number of anilines is 1. The molecule has 28 heavy (non-hydrogen) atoms. The van der Waals surface area contributed by atoms with Gasteiger partial charge in [-0.2, -0.15) is 0 Å². The normalized spacial score (nSPS) is 14.6. The van der Waals surface area contributed by atoms with E-state index >= 15 is 0 Å². The van der Waals surface area contributed by atoms with Crippen LogP contribution in [-0.4, -0.2) is 55.2 Å². The Bertz CT molecular complexity index is 745. The molecule has 1 fully saturated rings. The van der Waals surface area contributed by atoms with Crippen LogP contribution in [0.25, 0.3) is 0 Å². The van der Waals surface area contributed by atoms with Gasteiger partial charge in [0, 0.05) is 46.0 Å². The van der Waals surface area contributed by atoms with Gasteiger partial charge < -0.3 is 19.9 Å². The van der Waals surface area contributed by atoms with Crippen LogP contribution >= 0.6 is 24.0 Å². The van der Waals surface area contributed by atoms with E-state index in [0.29, 0.717) is 0 Å². The number of guanidine groups is 1. The molecule has 1 aliphatic rings. The minimum Gasteiger partial charge on any atom is -0.491 e. The Morgan fingerprint density at radius 1 is 1.14 bits per heavy atom. The van der Waals surface area contributed by atoms with Crippen molar-refractivity contribution in [2.75, 3.05) is 38.1 Å². The molecule has 0 spiro atoms. The number of hydrogen-bond acceptors (Lipinski definition) is 4. The number of piperazine rings is 1. The third-order valence-corrected chi connectivity index (χ3v) is 4.49. The van der Waals surface area contributed by atoms with Gasteiger partial charge in [0.1, 0.15) is 11.6 Å². The summed E-state index contributed by atoms with van der Waals surface area (Å²) in [4.78, 5) is 13.5. The predicted octanol–water partition coefficient (Wildman–Crippen LogP) is 3.38. The molecular weight excluding hydrogens is 465 g/mol. The molecule has 3 rings (SSSR count). The molecule has 0 unspecified atom stereocenters. The molecule has 0 bridgehead atoms. The highest BCUT2D eigenvalue weighted by molar-refractivity contribution is 14.0. The van der Waals surface area contributed by atoms with E-state index in [2.05, 4.69) is 43.3 Å². The summed E-state index contributed by atoms with van der Waals surface area (Å²) in [6, 6.07) is 14.3. The Labute approximate surface area is 185 Å². The Morgan fingerprint density at radius 3 is 2.57 bits per heavy atom. The maximum absolute atomic E-state index is 5.78. The van der Waals surface area contributed by atoms with E-state index < -0.39 is 0 Å². The number of nitrogens with zero attached hydrogens (tertiary/aromatic N) is 4. The number of nitrogens with one attached hydrogen (secondary N) is 1. The van der Waals surface area contributed by atoms with Gasteiger partial charge in [-0.25, -0.2) is 4.98 Å². The Morgan fingerprint density at radius 2 is 1.93 bits per heavy atom. The second-order valence-corrected chi connectivity index (χ2v) is 6.88. The van der Waals surface area contributed by atoms with Crippen LogP contribution < -0.4 is 15.0 Å². The first kappa shape index (κ1) is 22.3. The van der Waals surface area contributed by atoms with E-state index in [4.69, 9.17) is 4.74 Å². The van der Waals surface area contributed by atoms with E-state index in [0.717, 1.165) is 50.3 Å². The Kier molecular flexibility index (Phi) is 8.82. The van der Waals surface area contributed by atoms with Gasteiger partial charge in [0.25, 0.3) is 0 Å². The zero-order valence-electron chi connectivity index (χ0n) is 16.8. The van der Waals surface area contributed by atoms with Crippen LogP contribution in [0.2, 0.25) is 0 Å². The molecule has 7 heteroatoms. The van der Waals surface area contributed by atoms with E-state index in [1.165, 1.54) is 5.56 Å². The van der Waals surface area contributed by atoms with Crippen molar-refractivity contribution in [3.63, 3.8) is 0 Å². The number of aliphatic imine (C=N–C) groups is 1. The molecule has 1 N–H and O–H groups in total. The fourth-order valence-electron chi connectivity index (χ4n) is 3.20. The number of ether oxygens (including phenoxy) is 1. The second-order valence-electron chi connectivity index (χ2n) is 6.88. The monoisotopic (exact) mass is 495 g/mol. The minimum atomic E-state index is 0. The van der Waals surface area contributed by atoms with Crippen LogP contribution in [0.3, 0.4) is 0 Å². The summed E-state index contributed by atoms with van der Waals surface area (Å²) in [5.41, 5.74) is 1.18. The summed E-state index contributed by atoms with van der Waals surface area (Å²) < 4.78 is 5.78. The molecule has 1 saturated heterocycles. The molecular formula is C21H30IN5O. The average Bonchev–Trinajstić information content (AvgIpc) is 2.69. The zero-order valence-corrected chi connectivity index (χ0v) is 19.2. The lowest BCUT2D eigenvalue weighted by molar-refractivity contribution is 0.242. The van der Waals surface area contributed by atoms with Crippen molar-refractivity contribution in [2.45, 2.75) is 26.5 Å². The van der Waals surface area contributed by atoms with Crippen LogP contribution in [0.4, 0.5) is 5.82 Å². The summed E-state index contributed by atoms with van der Waals surface area (Å²) >= 11 is 0. The van der Waals surface area contributed by atoms with Gasteiger partial charge in [0.2, 0.25) is 0 Å². The van der Waals surface area contributed by atoms with Gasteiger partial charge in [-0.1, -0.05) is 18.2 Å². The molecule has 0 saturated carbocycles. The number of rotatable bonds is 5. The van der Waals surface area contributed by atoms with Gasteiger partial charge >= 0.3 is 0 Å². The minimum absolute atomic E-state index is 0. The molecule has 6 nitrogen and oxygen atoms in total. The van der Waals surface area contributed by atoms with Crippen molar-refractivity contribution < 1.29 is 4.74 Å². The first-order valence-corrected chi connectivity index (χ1v) is 9.53. The number of halogens is 1. The van der Waals surface area contributed by atoms with E-state index in [-0.39, 0.29) is 30.1 Å². The molecule has 2 heterocycles. The topological polar surface area (TPSA) is 53.0 Å². The number of pyridine rings is 1. The molecule has 0 radical (unpaired) electrons. The third-order valence-electron chi connectivity index (χ3n) is 4.49. The lowest BCUT2D eigenvalue weighted by atomic mass is 10.2. The molecule has 0 amide bonds. The average molecular weight is 495 g/mol. The molecule has 1 aliphatic heterocycles. The Hall–Kier alpha value is -2.03. The van der Waals surface area contributed by atoms with Crippen molar-refractivity contribution in [2.24, 2.45) is 4.99 Å². The van der Waals surface area contributed by atoms with E-state index in [1.54, 1.807) is 0 Å². The fourth-order valence-corrected chi connectivity index (χ4v) is 3.20. The lowest BCUT2D eigenvalue weighted by Gasteiger charge is -2.37. The number of benzene rings is 1. The highest BCUT2D eigenvalue weighted by Crippen LogP contribution is 2.15. The largest absolute Gasteiger partial charge is 0.491 e. The van der Waals surface area contributed by atoms with Crippen LogP contribution in [-0.2, 0) is 6.54 Å². The van der Waals surface area contributed by atoms with Gasteiger partial charge in [0.15, 0.2) is 5.96 Å². The summed E-state index contributed by atoms with van der Waals surface area (Å²) in [6.07, 6.45) is 2.02. The van der Waals surface area contributed by atoms with E-state index in [9.17, 15) is 0 Å². The van der Waals surface area contributed by atoms with Gasteiger partial charge in [0.05, 0.1) is 6.10 Å². The highest BCUT2D eigenvalue weighted by Gasteiger charge is 2.20. The first-order valence-electron chi connectivity index (χ1n) is 9.53. The first-order chi connectivity index (χ1) is 13.2. The summed E-state index contributed by atoms with van der Waals surface area (Å²) in [5.74, 6) is 2.89. The van der Waals surface area contributed by atoms with Crippen LogP contribution in [0.1, 0.15) is 19.4 Å². The molecule has 152 valence electrons. The predicted molar refractivity (Wildman–Crippen MR) is 126 cm³/mol. The molecule has 0 atom stereocenters. The number of hydrogen-bond donors (Lipinski definition) is 1. The van der Waals surface area contributed by atoms with Crippen molar-refractivity contribution >= 4 is 35.8 Å². The third kappa shape index (κ3) is 6.25. The van der Waals surface area contributed by atoms with Crippen LogP contribution in [0.15, 0.2) is 53.7 Å². The van der Waals surface area contributed by atoms with Crippen molar-refractivity contribution in [1.29, 1.82) is 0 Å². The SMILES string of the molecule is CN=C(NCc1cccc(OC(C)C)c1)N1CCN(c2ccccn2)CC1.I. The number of aromatic nitrogens is 1.